The first-order valence-corrected chi connectivity index (χ1v) is 8.92. The Bertz CT molecular complexity index is 1070. The Morgan fingerprint density at radius 2 is 1.96 bits per heavy atom. The largest absolute Gasteiger partial charge is 0.462 e. The van der Waals surface area contributed by atoms with Crippen molar-refractivity contribution in [1.29, 1.82) is 0 Å². The zero-order valence-electron chi connectivity index (χ0n) is 16.0. The number of hydrogen-bond donors (Lipinski definition) is 2. The smallest absolute Gasteiger partial charge is 0.342 e. The summed E-state index contributed by atoms with van der Waals surface area (Å²) in [7, 11) is 0. The van der Waals surface area contributed by atoms with Crippen molar-refractivity contribution in [3.05, 3.63) is 68.6 Å². The number of fused-ring (bicyclic) bond motifs is 1. The summed E-state index contributed by atoms with van der Waals surface area (Å²) in [6, 6.07) is 9.56. The fourth-order valence-corrected chi connectivity index (χ4v) is 3.23. The highest BCUT2D eigenvalue weighted by Crippen LogP contribution is 2.27. The molecule has 2 heterocycles. The summed E-state index contributed by atoms with van der Waals surface area (Å²) in [6.45, 7) is 7.93. The van der Waals surface area contributed by atoms with E-state index in [1.165, 1.54) is 0 Å². The number of aromatic nitrogens is 2. The van der Waals surface area contributed by atoms with Gasteiger partial charge in [-0.2, -0.15) is 0 Å². The van der Waals surface area contributed by atoms with Crippen LogP contribution >= 0.6 is 0 Å². The molecule has 6 heteroatoms. The highest BCUT2D eigenvalue weighted by Gasteiger charge is 2.20. The number of benzene rings is 1. The number of hydrogen-bond acceptors (Lipinski definition) is 5. The van der Waals surface area contributed by atoms with Gasteiger partial charge in [-0.25, -0.2) is 9.78 Å². The summed E-state index contributed by atoms with van der Waals surface area (Å²) < 4.78 is 5.23. The highest BCUT2D eigenvalue weighted by atomic mass is 16.5. The Kier molecular flexibility index (Phi) is 5.26. The van der Waals surface area contributed by atoms with Crippen LogP contribution in [-0.4, -0.2) is 22.5 Å². The fourth-order valence-electron chi connectivity index (χ4n) is 3.23. The summed E-state index contributed by atoms with van der Waals surface area (Å²) in [5, 5.41) is 4.07. The summed E-state index contributed by atoms with van der Waals surface area (Å²) in [5.41, 5.74) is 4.15. The molecule has 0 fully saturated rings. The van der Waals surface area contributed by atoms with Gasteiger partial charge in [0, 0.05) is 23.2 Å². The van der Waals surface area contributed by atoms with Crippen molar-refractivity contribution in [2.45, 2.75) is 34.2 Å². The average Bonchev–Trinajstić information content (AvgIpc) is 2.61. The Balaban J connectivity index is 2.06. The molecule has 1 aromatic carbocycles. The van der Waals surface area contributed by atoms with Crippen molar-refractivity contribution in [3.8, 4) is 0 Å². The second kappa shape index (κ2) is 7.61. The third-order valence-corrected chi connectivity index (χ3v) is 4.56. The van der Waals surface area contributed by atoms with E-state index in [2.05, 4.69) is 15.3 Å². The standard InChI is InChI=1S/C21H23N3O3/c1-5-27-21(26)18-14(4)15-8-6-7-9-17(15)24-19(18)22-11-16-12(2)10-13(3)23-20(16)25/h6-10H,5,11H2,1-4H3,(H,22,24)(H,23,25). The van der Waals surface area contributed by atoms with E-state index in [-0.39, 0.29) is 18.7 Å². The molecule has 0 aliphatic rings. The Morgan fingerprint density at radius 1 is 1.22 bits per heavy atom. The minimum absolute atomic E-state index is 0.143. The van der Waals surface area contributed by atoms with Crippen LogP contribution in [0.3, 0.4) is 0 Å². The highest BCUT2D eigenvalue weighted by molar-refractivity contribution is 6.02. The van der Waals surface area contributed by atoms with Crippen LogP contribution in [-0.2, 0) is 11.3 Å². The third kappa shape index (κ3) is 3.69. The summed E-state index contributed by atoms with van der Waals surface area (Å²) in [6.07, 6.45) is 0. The normalized spacial score (nSPS) is 10.8. The van der Waals surface area contributed by atoms with Crippen LogP contribution < -0.4 is 10.9 Å². The predicted molar refractivity (Wildman–Crippen MR) is 106 cm³/mol. The molecule has 27 heavy (non-hydrogen) atoms. The molecule has 140 valence electrons. The molecule has 0 saturated heterocycles. The quantitative estimate of drug-likeness (QED) is 0.675. The number of para-hydroxylation sites is 1. The van der Waals surface area contributed by atoms with Gasteiger partial charge in [-0.05, 0) is 51.0 Å². The van der Waals surface area contributed by atoms with Crippen LogP contribution in [0, 0.1) is 20.8 Å². The number of ether oxygens (including phenoxy) is 1. The number of anilines is 1. The van der Waals surface area contributed by atoms with Crippen LogP contribution in [0.15, 0.2) is 35.1 Å². The molecule has 0 bridgehead atoms. The van der Waals surface area contributed by atoms with Gasteiger partial charge in [-0.3, -0.25) is 4.79 Å². The van der Waals surface area contributed by atoms with E-state index in [1.54, 1.807) is 6.92 Å². The topological polar surface area (TPSA) is 84.1 Å². The minimum Gasteiger partial charge on any atom is -0.462 e. The molecule has 2 aromatic heterocycles. The van der Waals surface area contributed by atoms with E-state index in [0.29, 0.717) is 16.9 Å². The van der Waals surface area contributed by atoms with Gasteiger partial charge in [0.2, 0.25) is 0 Å². The van der Waals surface area contributed by atoms with Crippen molar-refractivity contribution in [1.82, 2.24) is 9.97 Å². The third-order valence-electron chi connectivity index (χ3n) is 4.56. The number of aromatic amines is 1. The first kappa shape index (κ1) is 18.6. The van der Waals surface area contributed by atoms with Crippen LogP contribution in [0.4, 0.5) is 5.82 Å². The van der Waals surface area contributed by atoms with Gasteiger partial charge in [0.25, 0.3) is 5.56 Å². The molecule has 0 spiro atoms. The van der Waals surface area contributed by atoms with Gasteiger partial charge in [0.05, 0.1) is 12.1 Å². The summed E-state index contributed by atoms with van der Waals surface area (Å²) in [4.78, 5) is 32.2. The molecule has 3 aromatic rings. The molecular formula is C21H23N3O3. The minimum atomic E-state index is -0.426. The van der Waals surface area contributed by atoms with Crippen molar-refractivity contribution in [2.24, 2.45) is 0 Å². The SMILES string of the molecule is CCOC(=O)c1c(NCc2c(C)cc(C)[nH]c2=O)nc2ccccc2c1C. The first-order chi connectivity index (χ1) is 12.9. The van der Waals surface area contributed by atoms with Gasteiger partial charge in [-0.1, -0.05) is 18.2 Å². The Labute approximate surface area is 157 Å². The van der Waals surface area contributed by atoms with Crippen molar-refractivity contribution >= 4 is 22.7 Å². The van der Waals surface area contributed by atoms with Gasteiger partial charge in [0.1, 0.15) is 11.4 Å². The number of nitrogens with zero attached hydrogens (tertiary/aromatic N) is 1. The van der Waals surface area contributed by atoms with E-state index >= 15 is 0 Å². The predicted octanol–water partition coefficient (Wildman–Crippen LogP) is 3.64. The van der Waals surface area contributed by atoms with E-state index in [4.69, 9.17) is 4.74 Å². The second-order valence-corrected chi connectivity index (χ2v) is 6.49. The lowest BCUT2D eigenvalue weighted by Crippen LogP contribution is -2.20. The molecule has 2 N–H and O–H groups in total. The zero-order valence-corrected chi connectivity index (χ0v) is 16.0. The van der Waals surface area contributed by atoms with Gasteiger partial charge >= 0.3 is 5.97 Å². The van der Waals surface area contributed by atoms with Crippen LogP contribution in [0.1, 0.15) is 39.7 Å². The Morgan fingerprint density at radius 3 is 2.67 bits per heavy atom. The molecule has 0 radical (unpaired) electrons. The van der Waals surface area contributed by atoms with Crippen molar-refractivity contribution in [3.63, 3.8) is 0 Å². The molecular weight excluding hydrogens is 342 g/mol. The molecule has 0 atom stereocenters. The van der Waals surface area contributed by atoms with E-state index < -0.39 is 5.97 Å². The molecule has 0 unspecified atom stereocenters. The maximum Gasteiger partial charge on any atom is 0.342 e. The Hall–Kier alpha value is -3.15. The number of esters is 1. The van der Waals surface area contributed by atoms with Crippen LogP contribution in [0.5, 0.6) is 0 Å². The van der Waals surface area contributed by atoms with Gasteiger partial charge in [-0.15, -0.1) is 0 Å². The van der Waals surface area contributed by atoms with E-state index in [1.807, 2.05) is 51.1 Å². The number of carbonyl (C=O) groups is 1. The molecule has 0 aliphatic carbocycles. The van der Waals surface area contributed by atoms with Gasteiger partial charge < -0.3 is 15.0 Å². The molecule has 6 nitrogen and oxygen atoms in total. The van der Waals surface area contributed by atoms with Crippen LogP contribution in [0.25, 0.3) is 10.9 Å². The summed E-state index contributed by atoms with van der Waals surface area (Å²) >= 11 is 0. The molecule has 0 amide bonds. The van der Waals surface area contributed by atoms with Gasteiger partial charge in [0.15, 0.2) is 0 Å². The molecule has 0 saturated carbocycles. The number of rotatable bonds is 5. The maximum absolute atomic E-state index is 12.5. The second-order valence-electron chi connectivity index (χ2n) is 6.49. The van der Waals surface area contributed by atoms with Crippen molar-refractivity contribution < 1.29 is 9.53 Å². The number of pyridine rings is 2. The lowest BCUT2D eigenvalue weighted by Gasteiger charge is -2.15. The fraction of sp³-hybridized carbons (Fsp3) is 0.286. The van der Waals surface area contributed by atoms with E-state index in [9.17, 15) is 9.59 Å². The zero-order chi connectivity index (χ0) is 19.6. The van der Waals surface area contributed by atoms with Crippen molar-refractivity contribution in [2.75, 3.05) is 11.9 Å². The van der Waals surface area contributed by atoms with Crippen LogP contribution in [0.2, 0.25) is 0 Å². The monoisotopic (exact) mass is 365 g/mol. The number of H-pyrrole nitrogens is 1. The average molecular weight is 365 g/mol. The summed E-state index contributed by atoms with van der Waals surface area (Å²) in [5.74, 6) is -0.00526. The first-order valence-electron chi connectivity index (χ1n) is 8.92. The number of nitrogens with one attached hydrogen (secondary N) is 2. The van der Waals surface area contributed by atoms with E-state index in [0.717, 1.165) is 27.7 Å². The number of aryl methyl sites for hydroxylation is 3. The lowest BCUT2D eigenvalue weighted by atomic mass is 10.0. The molecule has 3 rings (SSSR count). The maximum atomic E-state index is 12.5. The number of carbonyl (C=O) groups excluding carboxylic acids is 1. The molecule has 0 aliphatic heterocycles. The lowest BCUT2D eigenvalue weighted by molar-refractivity contribution is 0.0526.